The topological polar surface area (TPSA) is 16.4 Å². The Kier molecular flexibility index (Phi) is 6.76. The number of anilines is 3. The molecule has 9 aromatic carbocycles. The van der Waals surface area contributed by atoms with E-state index in [9.17, 15) is 0 Å². The molecule has 53 heavy (non-hydrogen) atoms. The molecule has 0 aliphatic rings. The Morgan fingerprint density at radius 2 is 0.981 bits per heavy atom. The molecule has 0 fully saturated rings. The summed E-state index contributed by atoms with van der Waals surface area (Å²) in [5.41, 5.74) is 9.82. The van der Waals surface area contributed by atoms with Gasteiger partial charge in [0.15, 0.2) is 0 Å². The van der Waals surface area contributed by atoms with Crippen LogP contribution in [0.1, 0.15) is 0 Å². The van der Waals surface area contributed by atoms with Crippen LogP contribution in [0, 0.1) is 0 Å². The van der Waals surface area contributed by atoms with Crippen LogP contribution in [0.25, 0.3) is 85.9 Å². The van der Waals surface area contributed by atoms with Crippen molar-refractivity contribution in [3.8, 4) is 22.3 Å². The van der Waals surface area contributed by atoms with Gasteiger partial charge >= 0.3 is 0 Å². The number of benzene rings is 9. The zero-order valence-corrected chi connectivity index (χ0v) is 29.5. The maximum atomic E-state index is 6.61. The molecule has 0 amide bonds. The van der Waals surface area contributed by atoms with E-state index in [1.807, 2.05) is 11.3 Å². The van der Waals surface area contributed by atoms with Crippen molar-refractivity contribution in [1.29, 1.82) is 0 Å². The second-order valence-electron chi connectivity index (χ2n) is 13.7. The molecule has 0 atom stereocenters. The van der Waals surface area contributed by atoms with Crippen molar-refractivity contribution in [1.82, 2.24) is 0 Å². The molecule has 248 valence electrons. The maximum absolute atomic E-state index is 6.61. The van der Waals surface area contributed by atoms with Crippen molar-refractivity contribution in [2.75, 3.05) is 4.90 Å². The van der Waals surface area contributed by atoms with E-state index in [2.05, 4.69) is 193 Å². The smallest absolute Gasteiger partial charge is 0.137 e. The SMILES string of the molecule is c1ccc(-c2ccc(N(c3ccc(-c4ccc5c(ccc6ccccc65)c4)cc3)c3cccc4oc5ccc6c7ccccc7sc6c5c34)cc2)cc1. The van der Waals surface area contributed by atoms with E-state index in [0.29, 0.717) is 0 Å². The highest BCUT2D eigenvalue weighted by atomic mass is 32.1. The Hall–Kier alpha value is -6.68. The summed E-state index contributed by atoms with van der Waals surface area (Å²) in [6, 6.07) is 67.9. The molecular formula is C50H31NOS. The second-order valence-corrected chi connectivity index (χ2v) is 14.7. The minimum Gasteiger partial charge on any atom is -0.456 e. The van der Waals surface area contributed by atoms with Crippen molar-refractivity contribution in [3.63, 3.8) is 0 Å². The fourth-order valence-electron chi connectivity index (χ4n) is 8.11. The molecule has 2 aromatic heterocycles. The molecule has 11 rings (SSSR count). The number of thiophene rings is 1. The molecular weight excluding hydrogens is 663 g/mol. The highest BCUT2D eigenvalue weighted by Crippen LogP contribution is 2.48. The third kappa shape index (κ3) is 4.86. The molecule has 0 saturated heterocycles. The first-order valence-electron chi connectivity index (χ1n) is 18.0. The monoisotopic (exact) mass is 693 g/mol. The predicted molar refractivity (Wildman–Crippen MR) is 227 cm³/mol. The quantitative estimate of drug-likeness (QED) is 0.167. The van der Waals surface area contributed by atoms with Crippen LogP contribution in [-0.2, 0) is 0 Å². The van der Waals surface area contributed by atoms with Gasteiger partial charge in [-0.2, -0.15) is 0 Å². The average molecular weight is 694 g/mol. The van der Waals surface area contributed by atoms with Crippen LogP contribution in [0.2, 0.25) is 0 Å². The summed E-state index contributed by atoms with van der Waals surface area (Å²) >= 11 is 1.84. The first-order valence-corrected chi connectivity index (χ1v) is 18.8. The van der Waals surface area contributed by atoms with Gasteiger partial charge in [0.25, 0.3) is 0 Å². The van der Waals surface area contributed by atoms with E-state index in [1.54, 1.807) is 0 Å². The van der Waals surface area contributed by atoms with E-state index in [1.165, 1.54) is 69.4 Å². The Morgan fingerprint density at radius 3 is 1.79 bits per heavy atom. The van der Waals surface area contributed by atoms with Crippen LogP contribution in [-0.4, -0.2) is 0 Å². The van der Waals surface area contributed by atoms with Crippen LogP contribution in [0.4, 0.5) is 17.1 Å². The van der Waals surface area contributed by atoms with Crippen LogP contribution in [0.3, 0.4) is 0 Å². The number of fused-ring (bicyclic) bond motifs is 10. The predicted octanol–water partition coefficient (Wildman–Crippen LogP) is 15.1. The molecule has 0 bridgehead atoms. The van der Waals surface area contributed by atoms with E-state index in [0.717, 1.165) is 33.6 Å². The van der Waals surface area contributed by atoms with E-state index in [4.69, 9.17) is 4.42 Å². The van der Waals surface area contributed by atoms with Crippen molar-refractivity contribution >= 4 is 92.1 Å². The number of rotatable bonds is 5. The van der Waals surface area contributed by atoms with Gasteiger partial charge in [-0.1, -0.05) is 127 Å². The number of hydrogen-bond donors (Lipinski definition) is 0. The van der Waals surface area contributed by atoms with Gasteiger partial charge in [0.2, 0.25) is 0 Å². The summed E-state index contributed by atoms with van der Waals surface area (Å²) in [6.45, 7) is 0. The molecule has 3 heteroatoms. The van der Waals surface area contributed by atoms with Gasteiger partial charge in [-0.3, -0.25) is 0 Å². The second kappa shape index (κ2) is 11.9. The molecule has 0 aliphatic carbocycles. The van der Waals surface area contributed by atoms with E-state index < -0.39 is 0 Å². The Bertz CT molecular complexity index is 3150. The third-order valence-electron chi connectivity index (χ3n) is 10.7. The Morgan fingerprint density at radius 1 is 0.377 bits per heavy atom. The Balaban J connectivity index is 1.09. The highest BCUT2D eigenvalue weighted by molar-refractivity contribution is 7.26. The largest absolute Gasteiger partial charge is 0.456 e. The summed E-state index contributed by atoms with van der Waals surface area (Å²) in [5, 5.41) is 9.92. The standard InChI is InChI=1S/C50H31NOS/c1-2-9-32(10-3-1)33-19-24-38(25-20-33)51(39-26-21-34(22-27-39)36-23-28-41-37(31-36)18-17-35-11-4-5-12-40(35)41)44-14-8-15-45-48(44)49-46(52-45)30-29-43-42-13-6-7-16-47(42)53-50(43)49/h1-31H. The van der Waals surface area contributed by atoms with Crippen LogP contribution >= 0.6 is 11.3 Å². The van der Waals surface area contributed by atoms with Crippen molar-refractivity contribution in [3.05, 3.63) is 188 Å². The summed E-state index contributed by atoms with van der Waals surface area (Å²) < 4.78 is 9.16. The normalized spacial score (nSPS) is 11.8. The molecule has 0 aliphatic heterocycles. The van der Waals surface area contributed by atoms with E-state index >= 15 is 0 Å². The zero-order chi connectivity index (χ0) is 34.9. The lowest BCUT2D eigenvalue weighted by Crippen LogP contribution is -2.10. The Labute approximate surface area is 310 Å². The fourth-order valence-corrected chi connectivity index (χ4v) is 9.36. The number of hydrogen-bond acceptors (Lipinski definition) is 3. The molecule has 11 aromatic rings. The molecule has 2 heterocycles. The molecule has 2 nitrogen and oxygen atoms in total. The minimum absolute atomic E-state index is 0.883. The lowest BCUT2D eigenvalue weighted by Gasteiger charge is -2.26. The summed E-state index contributed by atoms with van der Waals surface area (Å²) in [4.78, 5) is 2.38. The molecule has 0 saturated carbocycles. The summed E-state index contributed by atoms with van der Waals surface area (Å²) in [7, 11) is 0. The number of nitrogens with zero attached hydrogens (tertiary/aromatic N) is 1. The third-order valence-corrected chi connectivity index (χ3v) is 11.9. The summed E-state index contributed by atoms with van der Waals surface area (Å²) in [6.07, 6.45) is 0. The van der Waals surface area contributed by atoms with Gasteiger partial charge < -0.3 is 9.32 Å². The van der Waals surface area contributed by atoms with Gasteiger partial charge in [0, 0.05) is 36.9 Å². The van der Waals surface area contributed by atoms with Gasteiger partial charge in [0.05, 0.1) is 11.1 Å². The maximum Gasteiger partial charge on any atom is 0.137 e. The molecule has 0 radical (unpaired) electrons. The minimum atomic E-state index is 0.883. The molecule has 0 spiro atoms. The van der Waals surface area contributed by atoms with Gasteiger partial charge in [0.1, 0.15) is 11.2 Å². The van der Waals surface area contributed by atoms with Crippen LogP contribution in [0.5, 0.6) is 0 Å². The lowest BCUT2D eigenvalue weighted by atomic mass is 9.97. The first kappa shape index (κ1) is 30.0. The fraction of sp³-hybridized carbons (Fsp3) is 0. The highest BCUT2D eigenvalue weighted by Gasteiger charge is 2.22. The molecule has 0 unspecified atom stereocenters. The average Bonchev–Trinajstić information content (AvgIpc) is 3.81. The van der Waals surface area contributed by atoms with E-state index in [-0.39, 0.29) is 0 Å². The number of furan rings is 1. The van der Waals surface area contributed by atoms with Crippen molar-refractivity contribution < 1.29 is 4.42 Å². The van der Waals surface area contributed by atoms with Crippen molar-refractivity contribution in [2.24, 2.45) is 0 Å². The van der Waals surface area contributed by atoms with Gasteiger partial charge in [-0.15, -0.1) is 11.3 Å². The van der Waals surface area contributed by atoms with Gasteiger partial charge in [-0.05, 0) is 104 Å². The lowest BCUT2D eigenvalue weighted by molar-refractivity contribution is 0.669. The summed E-state index contributed by atoms with van der Waals surface area (Å²) in [5.74, 6) is 0. The van der Waals surface area contributed by atoms with Crippen LogP contribution in [0.15, 0.2) is 192 Å². The van der Waals surface area contributed by atoms with Crippen LogP contribution < -0.4 is 4.90 Å². The molecule has 0 N–H and O–H groups in total. The van der Waals surface area contributed by atoms with Gasteiger partial charge in [-0.25, -0.2) is 0 Å². The zero-order valence-electron chi connectivity index (χ0n) is 28.7. The first-order chi connectivity index (χ1) is 26.3. The van der Waals surface area contributed by atoms with Crippen molar-refractivity contribution in [2.45, 2.75) is 0 Å².